The van der Waals surface area contributed by atoms with Crippen molar-refractivity contribution in [2.45, 2.75) is 19.4 Å². The predicted octanol–water partition coefficient (Wildman–Crippen LogP) is 3.01. The maximum Gasteiger partial charge on any atom is 0.166 e. The summed E-state index contributed by atoms with van der Waals surface area (Å²) in [6, 6.07) is 14.3. The second kappa shape index (κ2) is 5.55. The van der Waals surface area contributed by atoms with Crippen molar-refractivity contribution in [1.82, 2.24) is 0 Å². The second-order valence-electron chi connectivity index (χ2n) is 5.17. The van der Waals surface area contributed by atoms with E-state index in [4.69, 9.17) is 15.2 Å². The van der Waals surface area contributed by atoms with E-state index in [1.54, 1.807) is 0 Å². The summed E-state index contributed by atoms with van der Waals surface area (Å²) in [5.74, 6) is 1.60. The highest BCUT2D eigenvalue weighted by Crippen LogP contribution is 2.37. The van der Waals surface area contributed by atoms with Crippen LogP contribution in [0.15, 0.2) is 42.5 Å². The number of benzene rings is 2. The molecule has 0 bridgehead atoms. The first-order valence-electron chi connectivity index (χ1n) is 6.93. The van der Waals surface area contributed by atoms with E-state index in [-0.39, 0.29) is 6.04 Å². The van der Waals surface area contributed by atoms with Crippen LogP contribution in [-0.2, 0) is 6.42 Å². The van der Waals surface area contributed by atoms with Crippen molar-refractivity contribution in [3.63, 3.8) is 0 Å². The molecule has 0 radical (unpaired) electrons. The van der Waals surface area contributed by atoms with Crippen LogP contribution in [-0.4, -0.2) is 13.2 Å². The van der Waals surface area contributed by atoms with Gasteiger partial charge in [-0.1, -0.05) is 42.0 Å². The molecule has 0 aromatic heterocycles. The van der Waals surface area contributed by atoms with Gasteiger partial charge in [-0.2, -0.15) is 0 Å². The van der Waals surface area contributed by atoms with Gasteiger partial charge in [-0.25, -0.2) is 0 Å². The van der Waals surface area contributed by atoms with Crippen molar-refractivity contribution in [1.29, 1.82) is 0 Å². The van der Waals surface area contributed by atoms with E-state index in [0.29, 0.717) is 13.2 Å². The molecule has 1 atom stereocenters. The quantitative estimate of drug-likeness (QED) is 0.931. The molecule has 1 heterocycles. The molecule has 2 aromatic rings. The summed E-state index contributed by atoms with van der Waals surface area (Å²) in [7, 11) is 0. The smallest absolute Gasteiger partial charge is 0.166 e. The third kappa shape index (κ3) is 2.63. The van der Waals surface area contributed by atoms with Crippen molar-refractivity contribution in [3.8, 4) is 11.5 Å². The third-order valence-electron chi connectivity index (χ3n) is 3.53. The number of ether oxygens (including phenoxy) is 2. The van der Waals surface area contributed by atoms with Gasteiger partial charge in [0.15, 0.2) is 11.5 Å². The molecular weight excluding hydrogens is 250 g/mol. The van der Waals surface area contributed by atoms with Gasteiger partial charge in [0.1, 0.15) is 13.2 Å². The Morgan fingerprint density at radius 1 is 1.10 bits per heavy atom. The van der Waals surface area contributed by atoms with Gasteiger partial charge in [0.2, 0.25) is 0 Å². The van der Waals surface area contributed by atoms with E-state index in [0.717, 1.165) is 23.5 Å². The minimum Gasteiger partial charge on any atom is -0.486 e. The fourth-order valence-electron chi connectivity index (χ4n) is 2.59. The van der Waals surface area contributed by atoms with Crippen molar-refractivity contribution in [2.24, 2.45) is 5.73 Å². The molecule has 1 aliphatic rings. The minimum atomic E-state index is -0.0894. The third-order valence-corrected chi connectivity index (χ3v) is 3.53. The highest BCUT2D eigenvalue weighted by molar-refractivity contribution is 5.49. The first-order valence-corrected chi connectivity index (χ1v) is 6.93. The molecule has 3 heteroatoms. The summed E-state index contributed by atoms with van der Waals surface area (Å²) in [5.41, 5.74) is 9.88. The lowest BCUT2D eigenvalue weighted by molar-refractivity contribution is 0.169. The number of aryl methyl sites for hydroxylation is 1. The van der Waals surface area contributed by atoms with Crippen LogP contribution in [0.3, 0.4) is 0 Å². The lowest BCUT2D eigenvalue weighted by atomic mass is 9.97. The fourth-order valence-corrected chi connectivity index (χ4v) is 2.59. The van der Waals surface area contributed by atoms with Gasteiger partial charge in [0.25, 0.3) is 0 Å². The summed E-state index contributed by atoms with van der Waals surface area (Å²) in [6.07, 6.45) is 0.793. The first-order chi connectivity index (χ1) is 9.74. The Labute approximate surface area is 119 Å². The van der Waals surface area contributed by atoms with Crippen LogP contribution >= 0.6 is 0 Å². The van der Waals surface area contributed by atoms with E-state index in [2.05, 4.69) is 31.2 Å². The van der Waals surface area contributed by atoms with Crippen molar-refractivity contribution in [3.05, 3.63) is 59.2 Å². The molecule has 1 unspecified atom stereocenters. The zero-order valence-corrected chi connectivity index (χ0v) is 11.6. The monoisotopic (exact) mass is 269 g/mol. The minimum absolute atomic E-state index is 0.0894. The largest absolute Gasteiger partial charge is 0.486 e. The average Bonchev–Trinajstić information content (AvgIpc) is 2.46. The number of fused-ring (bicyclic) bond motifs is 1. The lowest BCUT2D eigenvalue weighted by Crippen LogP contribution is -2.20. The maximum absolute atomic E-state index is 6.37. The van der Waals surface area contributed by atoms with Crippen LogP contribution in [0.4, 0.5) is 0 Å². The maximum atomic E-state index is 6.37. The molecule has 3 rings (SSSR count). The lowest BCUT2D eigenvalue weighted by Gasteiger charge is -2.23. The molecule has 2 N–H and O–H groups in total. The molecule has 0 aliphatic carbocycles. The Kier molecular flexibility index (Phi) is 3.61. The molecule has 0 saturated heterocycles. The first kappa shape index (κ1) is 13.0. The summed E-state index contributed by atoms with van der Waals surface area (Å²) < 4.78 is 11.3. The normalized spacial score (nSPS) is 14.9. The summed E-state index contributed by atoms with van der Waals surface area (Å²) in [4.78, 5) is 0. The van der Waals surface area contributed by atoms with E-state index in [1.165, 1.54) is 11.1 Å². The second-order valence-corrected chi connectivity index (χ2v) is 5.17. The van der Waals surface area contributed by atoms with Gasteiger partial charge in [-0.3, -0.25) is 0 Å². The van der Waals surface area contributed by atoms with E-state index in [9.17, 15) is 0 Å². The average molecular weight is 269 g/mol. The van der Waals surface area contributed by atoms with Gasteiger partial charge >= 0.3 is 0 Å². The molecule has 20 heavy (non-hydrogen) atoms. The molecule has 2 aromatic carbocycles. The van der Waals surface area contributed by atoms with Gasteiger partial charge in [-0.05, 0) is 25.0 Å². The number of hydrogen-bond acceptors (Lipinski definition) is 3. The Bertz CT molecular complexity index is 610. The fraction of sp³-hybridized carbons (Fsp3) is 0.294. The van der Waals surface area contributed by atoms with Crippen LogP contribution in [0, 0.1) is 6.92 Å². The van der Waals surface area contributed by atoms with Crippen LogP contribution < -0.4 is 15.2 Å². The van der Waals surface area contributed by atoms with Crippen molar-refractivity contribution < 1.29 is 9.47 Å². The summed E-state index contributed by atoms with van der Waals surface area (Å²) in [6.45, 7) is 3.28. The van der Waals surface area contributed by atoms with E-state index in [1.807, 2.05) is 18.2 Å². The van der Waals surface area contributed by atoms with Crippen LogP contribution in [0.25, 0.3) is 0 Å². The molecule has 0 saturated carbocycles. The number of para-hydroxylation sites is 1. The van der Waals surface area contributed by atoms with E-state index >= 15 is 0 Å². The zero-order valence-electron chi connectivity index (χ0n) is 11.6. The SMILES string of the molecule is Cc1cccc(CC(N)c2cccc3c2OCCO3)c1. The Morgan fingerprint density at radius 2 is 1.90 bits per heavy atom. The van der Waals surface area contributed by atoms with Gasteiger partial charge < -0.3 is 15.2 Å². The summed E-state index contributed by atoms with van der Waals surface area (Å²) >= 11 is 0. The highest BCUT2D eigenvalue weighted by atomic mass is 16.6. The standard InChI is InChI=1S/C17H19NO2/c1-12-4-2-5-13(10-12)11-15(18)14-6-3-7-16-17(14)20-9-8-19-16/h2-7,10,15H,8-9,11,18H2,1H3. The molecule has 3 nitrogen and oxygen atoms in total. The van der Waals surface area contributed by atoms with Crippen LogP contribution in [0.1, 0.15) is 22.7 Å². The predicted molar refractivity (Wildman–Crippen MR) is 79.2 cm³/mol. The van der Waals surface area contributed by atoms with E-state index < -0.39 is 0 Å². The van der Waals surface area contributed by atoms with Crippen LogP contribution in [0.2, 0.25) is 0 Å². The van der Waals surface area contributed by atoms with Gasteiger partial charge in [0.05, 0.1) is 0 Å². The number of rotatable bonds is 3. The highest BCUT2D eigenvalue weighted by Gasteiger charge is 2.19. The van der Waals surface area contributed by atoms with Gasteiger partial charge in [-0.15, -0.1) is 0 Å². The van der Waals surface area contributed by atoms with Gasteiger partial charge in [0, 0.05) is 11.6 Å². The Morgan fingerprint density at radius 3 is 2.75 bits per heavy atom. The molecular formula is C17H19NO2. The molecule has 0 spiro atoms. The molecule has 0 fully saturated rings. The molecule has 0 amide bonds. The zero-order chi connectivity index (χ0) is 13.9. The number of hydrogen-bond donors (Lipinski definition) is 1. The van der Waals surface area contributed by atoms with Crippen molar-refractivity contribution >= 4 is 0 Å². The Hall–Kier alpha value is -2.00. The molecule has 1 aliphatic heterocycles. The van der Waals surface area contributed by atoms with Crippen LogP contribution in [0.5, 0.6) is 11.5 Å². The Balaban J connectivity index is 1.85. The molecule has 104 valence electrons. The van der Waals surface area contributed by atoms with Crippen molar-refractivity contribution in [2.75, 3.05) is 13.2 Å². The number of nitrogens with two attached hydrogens (primary N) is 1. The topological polar surface area (TPSA) is 44.5 Å². The summed E-state index contributed by atoms with van der Waals surface area (Å²) in [5, 5.41) is 0.